The molecule has 0 bridgehead atoms. The fraction of sp³-hybridized carbons (Fsp3) is 0.357. The van der Waals surface area contributed by atoms with Gasteiger partial charge >= 0.3 is 11.8 Å². The quantitative estimate of drug-likeness (QED) is 0.659. The topological polar surface area (TPSA) is 92.7 Å². The zero-order valence-corrected chi connectivity index (χ0v) is 11.7. The Balaban J connectivity index is 1.79. The van der Waals surface area contributed by atoms with E-state index in [1.807, 2.05) is 6.92 Å². The van der Waals surface area contributed by atoms with Crippen molar-refractivity contribution >= 4 is 28.6 Å². The molecule has 1 aromatic carbocycles. The van der Waals surface area contributed by atoms with Gasteiger partial charge in [0.2, 0.25) is 5.89 Å². The lowest BCUT2D eigenvalue weighted by molar-refractivity contribution is -0.156. The largest absolute Gasteiger partial charge is 0.439 e. The molecule has 21 heavy (non-hydrogen) atoms. The molecule has 1 aliphatic heterocycles. The van der Waals surface area contributed by atoms with E-state index in [-0.39, 0.29) is 6.54 Å². The summed E-state index contributed by atoms with van der Waals surface area (Å²) in [6.45, 7) is 3.61. The van der Waals surface area contributed by atoms with Gasteiger partial charge in [0.05, 0.1) is 6.54 Å². The zero-order chi connectivity index (χ0) is 15.0. The van der Waals surface area contributed by atoms with Crippen molar-refractivity contribution in [3.63, 3.8) is 0 Å². The van der Waals surface area contributed by atoms with Crippen LogP contribution in [0.4, 0.5) is 5.69 Å². The molecule has 0 atom stereocenters. The van der Waals surface area contributed by atoms with Crippen molar-refractivity contribution in [3.05, 3.63) is 24.1 Å². The Morgan fingerprint density at radius 1 is 1.24 bits per heavy atom. The van der Waals surface area contributed by atoms with Gasteiger partial charge in [0.15, 0.2) is 5.58 Å². The van der Waals surface area contributed by atoms with Gasteiger partial charge in [-0.25, -0.2) is 4.98 Å². The van der Waals surface area contributed by atoms with Gasteiger partial charge in [-0.3, -0.25) is 9.59 Å². The second kappa shape index (κ2) is 5.08. The molecule has 0 spiro atoms. The Morgan fingerprint density at radius 2 is 1.95 bits per heavy atom. The van der Waals surface area contributed by atoms with Crippen LogP contribution in [0.2, 0.25) is 0 Å². The number of benzene rings is 1. The number of likely N-dealkylation sites (N-methyl/N-ethyl adjacent to an activating group) is 1. The van der Waals surface area contributed by atoms with Crippen molar-refractivity contribution < 1.29 is 14.0 Å². The van der Waals surface area contributed by atoms with Gasteiger partial charge in [-0.2, -0.15) is 0 Å². The van der Waals surface area contributed by atoms with E-state index in [0.29, 0.717) is 42.3 Å². The molecule has 2 heterocycles. The molecule has 7 heteroatoms. The first kappa shape index (κ1) is 13.4. The SMILES string of the molecule is CCN1CCN(Cc2nc3cc(N)ccc3o2)C(=O)C1=O. The number of nitrogens with two attached hydrogens (primary N) is 1. The van der Waals surface area contributed by atoms with E-state index >= 15 is 0 Å². The van der Waals surface area contributed by atoms with E-state index in [2.05, 4.69) is 4.98 Å². The monoisotopic (exact) mass is 288 g/mol. The van der Waals surface area contributed by atoms with Gasteiger partial charge in [0.1, 0.15) is 5.52 Å². The molecule has 110 valence electrons. The minimum absolute atomic E-state index is 0.191. The molecule has 7 nitrogen and oxygen atoms in total. The number of anilines is 1. The second-order valence-electron chi connectivity index (χ2n) is 4.95. The Morgan fingerprint density at radius 3 is 2.71 bits per heavy atom. The number of piperazine rings is 1. The second-order valence-corrected chi connectivity index (χ2v) is 4.95. The molecular formula is C14H16N4O3. The van der Waals surface area contributed by atoms with Crippen LogP contribution in [0, 0.1) is 0 Å². The number of fused-ring (bicyclic) bond motifs is 1. The van der Waals surface area contributed by atoms with Crippen LogP contribution in [0.1, 0.15) is 12.8 Å². The number of carbonyl (C=O) groups excluding carboxylic acids is 2. The number of hydrogen-bond donors (Lipinski definition) is 1. The standard InChI is InChI=1S/C14H16N4O3/c1-2-17-5-6-18(14(20)13(17)19)8-12-16-10-7-9(15)3-4-11(10)21-12/h3-4,7H,2,5-6,8,15H2,1H3. The molecule has 3 rings (SSSR count). The number of amides is 2. The van der Waals surface area contributed by atoms with E-state index in [1.165, 1.54) is 9.80 Å². The third-order valence-electron chi connectivity index (χ3n) is 3.56. The first-order chi connectivity index (χ1) is 10.1. The van der Waals surface area contributed by atoms with Gasteiger partial charge in [0.25, 0.3) is 0 Å². The Hall–Kier alpha value is -2.57. The average molecular weight is 288 g/mol. The van der Waals surface area contributed by atoms with Crippen molar-refractivity contribution in [2.75, 3.05) is 25.4 Å². The Kier molecular flexibility index (Phi) is 3.25. The highest BCUT2D eigenvalue weighted by atomic mass is 16.3. The smallest absolute Gasteiger partial charge is 0.312 e. The van der Waals surface area contributed by atoms with Crippen LogP contribution in [-0.4, -0.2) is 46.2 Å². The third-order valence-corrected chi connectivity index (χ3v) is 3.56. The molecule has 0 aliphatic carbocycles. The fourth-order valence-corrected chi connectivity index (χ4v) is 2.39. The maximum atomic E-state index is 12.0. The van der Waals surface area contributed by atoms with Gasteiger partial charge in [-0.15, -0.1) is 0 Å². The van der Waals surface area contributed by atoms with Crippen LogP contribution >= 0.6 is 0 Å². The first-order valence-corrected chi connectivity index (χ1v) is 6.81. The van der Waals surface area contributed by atoms with Gasteiger partial charge in [-0.1, -0.05) is 0 Å². The summed E-state index contributed by atoms with van der Waals surface area (Å²) in [4.78, 5) is 31.1. The van der Waals surface area contributed by atoms with Gasteiger partial charge in [-0.05, 0) is 25.1 Å². The van der Waals surface area contributed by atoms with Crippen LogP contribution < -0.4 is 5.73 Å². The van der Waals surface area contributed by atoms with Crippen LogP contribution in [0.3, 0.4) is 0 Å². The number of hydrogen-bond acceptors (Lipinski definition) is 5. The number of oxazole rings is 1. The highest BCUT2D eigenvalue weighted by Crippen LogP contribution is 2.19. The van der Waals surface area contributed by atoms with Crippen molar-refractivity contribution in [2.24, 2.45) is 0 Å². The predicted octanol–water partition coefficient (Wildman–Crippen LogP) is 0.601. The van der Waals surface area contributed by atoms with E-state index in [9.17, 15) is 9.59 Å². The van der Waals surface area contributed by atoms with Gasteiger partial charge in [0, 0.05) is 25.3 Å². The summed E-state index contributed by atoms with van der Waals surface area (Å²) in [5.74, 6) is -0.573. The molecule has 2 amide bonds. The summed E-state index contributed by atoms with van der Waals surface area (Å²) in [6, 6.07) is 5.18. The number of carbonyl (C=O) groups is 2. The Bertz CT molecular complexity index is 709. The summed E-state index contributed by atoms with van der Waals surface area (Å²) in [5, 5.41) is 0. The number of nitrogen functional groups attached to an aromatic ring is 1. The molecule has 1 fully saturated rings. The van der Waals surface area contributed by atoms with Gasteiger partial charge < -0.3 is 20.0 Å². The molecule has 1 aromatic heterocycles. The molecule has 2 aromatic rings. The predicted molar refractivity (Wildman–Crippen MR) is 76.1 cm³/mol. The van der Waals surface area contributed by atoms with Crippen molar-refractivity contribution in [1.29, 1.82) is 0 Å². The summed E-state index contributed by atoms with van der Waals surface area (Å²) in [5.41, 5.74) is 7.56. The zero-order valence-electron chi connectivity index (χ0n) is 11.7. The molecule has 0 saturated carbocycles. The van der Waals surface area contributed by atoms with Crippen LogP contribution in [0.25, 0.3) is 11.1 Å². The summed E-state index contributed by atoms with van der Waals surface area (Å²) >= 11 is 0. The lowest BCUT2D eigenvalue weighted by atomic mass is 10.3. The van der Waals surface area contributed by atoms with E-state index < -0.39 is 11.8 Å². The number of rotatable bonds is 3. The normalized spacial score (nSPS) is 16.0. The summed E-state index contributed by atoms with van der Waals surface area (Å²) in [6.07, 6.45) is 0. The number of nitrogens with zero attached hydrogens (tertiary/aromatic N) is 3. The molecular weight excluding hydrogens is 272 g/mol. The lowest BCUT2D eigenvalue weighted by Gasteiger charge is -2.32. The first-order valence-electron chi connectivity index (χ1n) is 6.81. The minimum Gasteiger partial charge on any atom is -0.439 e. The molecule has 0 radical (unpaired) electrons. The summed E-state index contributed by atoms with van der Waals surface area (Å²) in [7, 11) is 0. The average Bonchev–Trinajstić information content (AvgIpc) is 2.85. The maximum absolute atomic E-state index is 12.0. The van der Waals surface area contributed by atoms with E-state index in [0.717, 1.165) is 0 Å². The van der Waals surface area contributed by atoms with Crippen molar-refractivity contribution in [2.45, 2.75) is 13.5 Å². The molecule has 1 saturated heterocycles. The highest BCUT2D eigenvalue weighted by Gasteiger charge is 2.32. The molecule has 1 aliphatic rings. The van der Waals surface area contributed by atoms with E-state index in [1.54, 1.807) is 18.2 Å². The minimum atomic E-state index is -0.509. The van der Waals surface area contributed by atoms with Crippen LogP contribution in [-0.2, 0) is 16.1 Å². The van der Waals surface area contributed by atoms with Crippen molar-refractivity contribution in [1.82, 2.24) is 14.8 Å². The van der Waals surface area contributed by atoms with Crippen LogP contribution in [0.5, 0.6) is 0 Å². The lowest BCUT2D eigenvalue weighted by Crippen LogP contribution is -2.53. The fourth-order valence-electron chi connectivity index (χ4n) is 2.39. The van der Waals surface area contributed by atoms with Crippen molar-refractivity contribution in [3.8, 4) is 0 Å². The highest BCUT2D eigenvalue weighted by molar-refractivity contribution is 6.35. The summed E-state index contributed by atoms with van der Waals surface area (Å²) < 4.78 is 5.58. The van der Waals surface area contributed by atoms with Crippen LogP contribution in [0.15, 0.2) is 22.6 Å². The van der Waals surface area contributed by atoms with E-state index in [4.69, 9.17) is 10.2 Å². The maximum Gasteiger partial charge on any atom is 0.312 e. The molecule has 2 N–H and O–H groups in total. The Labute approximate surface area is 121 Å². The third kappa shape index (κ3) is 2.42. The number of aromatic nitrogens is 1. The molecule has 0 unspecified atom stereocenters.